The van der Waals surface area contributed by atoms with Crippen molar-refractivity contribution in [2.45, 2.75) is 24.9 Å². The number of para-hydroxylation sites is 1. The number of nitrogens with one attached hydrogen (secondary N) is 1. The van der Waals surface area contributed by atoms with Crippen LogP contribution in [0.4, 0.5) is 0 Å². The van der Waals surface area contributed by atoms with Crippen LogP contribution in [0.3, 0.4) is 0 Å². The quantitative estimate of drug-likeness (QED) is 0.362. The standard InChI is InChI=1S/C30H26N6O4/c1-39-27-17-20(16-24-22(27)9-12-36(24)21-5-3-2-4-6-21)29(38)35-13-10-30(11-14-35)18-25(37)23-15-19(7-8-26(23)40-30)28-31-33-34-32-28/h2-9,12,15-17H,10-11,13-14,18H2,1H3,(H,31,32,33,34). The number of aromatic amines is 1. The number of Topliss-reactive ketones (excluding diaryl/α,β-unsaturated/α-hetero) is 1. The number of H-pyrrole nitrogens is 1. The lowest BCUT2D eigenvalue weighted by Crippen LogP contribution is -2.52. The molecule has 1 N–H and O–H groups in total. The SMILES string of the molecule is COc1cc(C(=O)N2CCC3(CC2)CC(=O)c2cc(-c4nnn[nH]4)ccc2O3)cc2c1ccn2-c1ccccc1. The second kappa shape index (κ2) is 9.33. The summed E-state index contributed by atoms with van der Waals surface area (Å²) in [6.07, 6.45) is 3.39. The van der Waals surface area contributed by atoms with E-state index in [-0.39, 0.29) is 18.1 Å². The summed E-state index contributed by atoms with van der Waals surface area (Å²) >= 11 is 0. The number of methoxy groups -OCH3 is 1. The summed E-state index contributed by atoms with van der Waals surface area (Å²) in [5.41, 5.74) is 3.10. The molecule has 0 bridgehead atoms. The van der Waals surface area contributed by atoms with E-state index in [1.807, 2.05) is 65.7 Å². The van der Waals surface area contributed by atoms with E-state index in [0.29, 0.717) is 54.4 Å². The van der Waals surface area contributed by atoms with Crippen LogP contribution in [0, 0.1) is 0 Å². The Labute approximate surface area is 229 Å². The van der Waals surface area contributed by atoms with Crippen molar-refractivity contribution in [3.05, 3.63) is 84.1 Å². The summed E-state index contributed by atoms with van der Waals surface area (Å²) in [5.74, 6) is 1.66. The van der Waals surface area contributed by atoms with Crippen molar-refractivity contribution in [2.75, 3.05) is 20.2 Å². The van der Waals surface area contributed by atoms with Crippen molar-refractivity contribution in [2.24, 2.45) is 0 Å². The van der Waals surface area contributed by atoms with Gasteiger partial charge in [-0.15, -0.1) is 5.10 Å². The molecule has 2 aromatic heterocycles. The Morgan fingerprint density at radius 2 is 1.88 bits per heavy atom. The molecule has 0 saturated carbocycles. The lowest BCUT2D eigenvalue weighted by Gasteiger charge is -2.44. The number of benzene rings is 3. The first-order valence-corrected chi connectivity index (χ1v) is 13.2. The number of carbonyl (C=O) groups excluding carboxylic acids is 2. The topological polar surface area (TPSA) is 115 Å². The Morgan fingerprint density at radius 1 is 1.05 bits per heavy atom. The molecule has 2 aliphatic rings. The van der Waals surface area contributed by atoms with Crippen molar-refractivity contribution >= 4 is 22.6 Å². The van der Waals surface area contributed by atoms with Gasteiger partial charge in [0.1, 0.15) is 17.1 Å². The van der Waals surface area contributed by atoms with E-state index < -0.39 is 5.60 Å². The molecule has 0 aliphatic carbocycles. The fraction of sp³-hybridized carbons (Fsp3) is 0.233. The first-order valence-electron chi connectivity index (χ1n) is 13.2. The highest BCUT2D eigenvalue weighted by molar-refractivity contribution is 6.02. The minimum atomic E-state index is -0.625. The molecular weight excluding hydrogens is 508 g/mol. The molecule has 7 rings (SSSR count). The zero-order valence-electron chi connectivity index (χ0n) is 21.8. The normalized spacial score (nSPS) is 16.1. The average Bonchev–Trinajstić information content (AvgIpc) is 3.68. The van der Waals surface area contributed by atoms with Gasteiger partial charge in [0.2, 0.25) is 0 Å². The van der Waals surface area contributed by atoms with Gasteiger partial charge in [0.05, 0.1) is 24.6 Å². The van der Waals surface area contributed by atoms with E-state index >= 15 is 0 Å². The Bertz CT molecular complexity index is 1740. The fourth-order valence-corrected chi connectivity index (χ4v) is 5.82. The van der Waals surface area contributed by atoms with Crippen LogP contribution < -0.4 is 9.47 Å². The zero-order valence-corrected chi connectivity index (χ0v) is 21.8. The summed E-state index contributed by atoms with van der Waals surface area (Å²) in [4.78, 5) is 28.7. The van der Waals surface area contributed by atoms with Crippen LogP contribution in [-0.4, -0.2) is 67.6 Å². The molecular formula is C30H26N6O4. The van der Waals surface area contributed by atoms with E-state index in [1.54, 1.807) is 19.2 Å². The minimum absolute atomic E-state index is 0.0206. The Hall–Kier alpha value is -4.99. The van der Waals surface area contributed by atoms with Gasteiger partial charge in [0.15, 0.2) is 11.6 Å². The predicted octanol–water partition coefficient (Wildman–Crippen LogP) is 4.46. The number of carbonyl (C=O) groups is 2. The van der Waals surface area contributed by atoms with E-state index in [2.05, 4.69) is 25.2 Å². The number of aromatic nitrogens is 5. The van der Waals surface area contributed by atoms with Gasteiger partial charge < -0.3 is 18.9 Å². The Morgan fingerprint density at radius 3 is 2.62 bits per heavy atom. The van der Waals surface area contributed by atoms with Gasteiger partial charge in [-0.1, -0.05) is 18.2 Å². The van der Waals surface area contributed by atoms with Crippen LogP contribution in [0.2, 0.25) is 0 Å². The molecule has 2 aliphatic heterocycles. The van der Waals surface area contributed by atoms with Gasteiger partial charge in [0, 0.05) is 54.3 Å². The maximum absolute atomic E-state index is 13.7. The van der Waals surface area contributed by atoms with Gasteiger partial charge in [-0.05, 0) is 59.0 Å². The molecule has 5 aromatic rings. The van der Waals surface area contributed by atoms with Crippen molar-refractivity contribution in [3.63, 3.8) is 0 Å². The van der Waals surface area contributed by atoms with E-state index in [4.69, 9.17) is 9.47 Å². The third-order valence-electron chi connectivity index (χ3n) is 7.94. The number of amides is 1. The molecule has 10 heteroatoms. The van der Waals surface area contributed by atoms with Gasteiger partial charge in [-0.25, -0.2) is 5.10 Å². The van der Waals surface area contributed by atoms with Crippen LogP contribution in [0.15, 0.2) is 72.9 Å². The summed E-state index contributed by atoms with van der Waals surface area (Å²) in [6.45, 7) is 0.979. The highest BCUT2D eigenvalue weighted by atomic mass is 16.5. The highest BCUT2D eigenvalue weighted by Gasteiger charge is 2.44. The molecule has 1 fully saturated rings. The first-order chi connectivity index (χ1) is 19.5. The molecule has 0 unspecified atom stereocenters. The number of piperidine rings is 1. The summed E-state index contributed by atoms with van der Waals surface area (Å²) in [6, 6.07) is 21.1. The highest BCUT2D eigenvalue weighted by Crippen LogP contribution is 2.41. The van der Waals surface area contributed by atoms with Crippen molar-refractivity contribution in [3.8, 4) is 28.6 Å². The lowest BCUT2D eigenvalue weighted by atomic mass is 9.82. The smallest absolute Gasteiger partial charge is 0.254 e. The van der Waals surface area contributed by atoms with Gasteiger partial charge in [-0.2, -0.15) is 0 Å². The minimum Gasteiger partial charge on any atom is -0.496 e. The number of rotatable bonds is 4. The summed E-state index contributed by atoms with van der Waals surface area (Å²) < 4.78 is 14.2. The maximum atomic E-state index is 13.7. The first kappa shape index (κ1) is 24.1. The van der Waals surface area contributed by atoms with Crippen LogP contribution in [0.1, 0.15) is 40.0 Å². The Balaban J connectivity index is 1.12. The number of likely N-dealkylation sites (tertiary alicyclic amines) is 1. The van der Waals surface area contributed by atoms with E-state index in [1.165, 1.54) is 0 Å². The number of hydrogen-bond acceptors (Lipinski definition) is 7. The molecule has 3 aromatic carbocycles. The number of ketones is 1. The van der Waals surface area contributed by atoms with Gasteiger partial charge in [0.25, 0.3) is 5.91 Å². The number of ether oxygens (including phenoxy) is 2. The van der Waals surface area contributed by atoms with Crippen LogP contribution in [0.25, 0.3) is 28.0 Å². The van der Waals surface area contributed by atoms with Crippen LogP contribution in [-0.2, 0) is 0 Å². The summed E-state index contributed by atoms with van der Waals surface area (Å²) in [7, 11) is 1.62. The number of hydrogen-bond donors (Lipinski definition) is 1. The van der Waals surface area contributed by atoms with Crippen LogP contribution in [0.5, 0.6) is 11.5 Å². The molecule has 10 nitrogen and oxygen atoms in total. The molecule has 40 heavy (non-hydrogen) atoms. The predicted molar refractivity (Wildman–Crippen MR) is 147 cm³/mol. The molecule has 0 radical (unpaired) electrons. The third kappa shape index (κ3) is 4.00. The van der Waals surface area contributed by atoms with E-state index in [9.17, 15) is 9.59 Å². The van der Waals surface area contributed by atoms with Crippen molar-refractivity contribution < 1.29 is 19.1 Å². The average molecular weight is 535 g/mol. The summed E-state index contributed by atoms with van der Waals surface area (Å²) in [5, 5.41) is 14.8. The fourth-order valence-electron chi connectivity index (χ4n) is 5.82. The zero-order chi connectivity index (χ0) is 27.3. The third-order valence-corrected chi connectivity index (χ3v) is 7.94. The number of nitrogens with zero attached hydrogens (tertiary/aromatic N) is 5. The molecule has 1 saturated heterocycles. The largest absolute Gasteiger partial charge is 0.496 e. The lowest BCUT2D eigenvalue weighted by molar-refractivity contribution is -0.00570. The van der Waals surface area contributed by atoms with Crippen LogP contribution >= 0.6 is 0 Å². The van der Waals surface area contributed by atoms with Crippen molar-refractivity contribution in [1.29, 1.82) is 0 Å². The number of fused-ring (bicyclic) bond motifs is 2. The van der Waals surface area contributed by atoms with E-state index in [0.717, 1.165) is 22.2 Å². The van der Waals surface area contributed by atoms with Gasteiger partial charge >= 0.3 is 0 Å². The maximum Gasteiger partial charge on any atom is 0.254 e. The monoisotopic (exact) mass is 534 g/mol. The van der Waals surface area contributed by atoms with Crippen molar-refractivity contribution in [1.82, 2.24) is 30.1 Å². The molecule has 200 valence electrons. The molecule has 1 spiro atoms. The molecule has 0 atom stereocenters. The molecule has 1 amide bonds. The second-order valence-electron chi connectivity index (χ2n) is 10.3. The number of tetrazole rings is 1. The van der Waals surface area contributed by atoms with Gasteiger partial charge in [-0.3, -0.25) is 9.59 Å². The molecule has 4 heterocycles. The second-order valence-corrected chi connectivity index (χ2v) is 10.3. The Kier molecular flexibility index (Phi) is 5.62.